The predicted molar refractivity (Wildman–Crippen MR) is 238 cm³/mol. The number of nitrogens with one attached hydrogen (secondary N) is 4. The van der Waals surface area contributed by atoms with Crippen LogP contribution in [0.1, 0.15) is 119 Å². The van der Waals surface area contributed by atoms with Gasteiger partial charge in [0.25, 0.3) is 0 Å². The number of epoxide rings is 1. The summed E-state index contributed by atoms with van der Waals surface area (Å²) in [6.07, 6.45) is 8.81. The van der Waals surface area contributed by atoms with Crippen molar-refractivity contribution in [2.45, 2.75) is 162 Å². The number of alkyl carbamates (subject to hydrolysis) is 2. The van der Waals surface area contributed by atoms with Crippen LogP contribution in [0.5, 0.6) is 0 Å². The second-order valence-electron chi connectivity index (χ2n) is 18.5. The minimum Gasteiger partial charge on any atom is -0.450 e. The normalized spacial score (nSPS) is 20.6. The highest BCUT2D eigenvalue weighted by Crippen LogP contribution is 2.35. The number of carbonyl (C=O) groups is 6. The van der Waals surface area contributed by atoms with Gasteiger partial charge in [0, 0.05) is 35.9 Å². The van der Waals surface area contributed by atoms with Crippen LogP contribution in [0.2, 0.25) is 0 Å². The number of hydrogen-bond donors (Lipinski definition) is 4. The highest BCUT2D eigenvalue weighted by Gasteiger charge is 2.51. The number of rotatable bonds is 22. The SMILES string of the molecule is CC1=C(C)C(=O)C(CCCOC(=O)NCCCC[C@H](NC2OC2[C@@H]2CCCN2C(=O)[C@H](/C=C/[C@H](CC(C)C)NC(=O)OC(C)(C)C)Cc2ccccc2)C(=O)NC(C)C)=CC1=O. The molecule has 0 aromatic heterocycles. The maximum Gasteiger partial charge on any atom is 0.408 e. The van der Waals surface area contributed by atoms with Gasteiger partial charge in [0.15, 0.2) is 11.6 Å². The molecule has 2 unspecified atom stereocenters. The Kier molecular flexibility index (Phi) is 18.9. The van der Waals surface area contributed by atoms with Gasteiger partial charge < -0.3 is 35.1 Å². The number of carbonyl (C=O) groups excluding carboxylic acids is 6. The molecule has 1 aliphatic carbocycles. The Hall–Kier alpha value is -4.82. The molecule has 6 atom stereocenters. The van der Waals surface area contributed by atoms with Crippen molar-refractivity contribution in [1.82, 2.24) is 26.2 Å². The first-order valence-corrected chi connectivity index (χ1v) is 22.4. The van der Waals surface area contributed by atoms with Gasteiger partial charge in [-0.2, -0.15) is 0 Å². The molecule has 4 amide bonds. The van der Waals surface area contributed by atoms with Crippen LogP contribution >= 0.6 is 0 Å². The first-order chi connectivity index (χ1) is 29.3. The molecule has 0 spiro atoms. The van der Waals surface area contributed by atoms with Crippen LogP contribution in [0, 0.1) is 11.8 Å². The van der Waals surface area contributed by atoms with E-state index >= 15 is 0 Å². The van der Waals surface area contributed by atoms with Crippen molar-refractivity contribution in [3.63, 3.8) is 0 Å². The molecular weight excluding hydrogens is 791 g/mol. The topological polar surface area (TPSA) is 185 Å². The summed E-state index contributed by atoms with van der Waals surface area (Å²) in [5, 5.41) is 12.1. The number of likely N-dealkylation sites (tertiary alicyclic amines) is 1. The molecule has 3 aliphatic rings. The van der Waals surface area contributed by atoms with Crippen LogP contribution < -0.4 is 21.3 Å². The number of nitrogens with zero attached hydrogens (tertiary/aromatic N) is 1. The number of ether oxygens (including phenoxy) is 3. The summed E-state index contributed by atoms with van der Waals surface area (Å²) in [7, 11) is 0. The molecule has 2 fully saturated rings. The Balaban J connectivity index is 1.30. The van der Waals surface area contributed by atoms with Crippen LogP contribution in [0.15, 0.2) is 65.3 Å². The van der Waals surface area contributed by atoms with Crippen molar-refractivity contribution in [2.24, 2.45) is 11.8 Å². The van der Waals surface area contributed by atoms with E-state index in [1.807, 2.05) is 82.0 Å². The summed E-state index contributed by atoms with van der Waals surface area (Å²) in [6.45, 7) is 17.8. The van der Waals surface area contributed by atoms with Gasteiger partial charge >= 0.3 is 12.2 Å². The van der Waals surface area contributed by atoms with Crippen molar-refractivity contribution >= 4 is 35.6 Å². The number of hydrogen-bond acceptors (Lipinski definition) is 10. The molecule has 0 saturated carbocycles. The number of unbranched alkanes of at least 4 members (excludes halogenated alkanes) is 1. The van der Waals surface area contributed by atoms with E-state index in [2.05, 4.69) is 35.1 Å². The van der Waals surface area contributed by atoms with Gasteiger partial charge in [0.1, 0.15) is 17.9 Å². The molecule has 0 bridgehead atoms. The van der Waals surface area contributed by atoms with E-state index in [9.17, 15) is 28.8 Å². The van der Waals surface area contributed by atoms with E-state index in [-0.39, 0.29) is 60.1 Å². The van der Waals surface area contributed by atoms with Crippen molar-refractivity contribution in [3.05, 3.63) is 70.8 Å². The highest BCUT2D eigenvalue weighted by atomic mass is 16.6. The smallest absolute Gasteiger partial charge is 0.408 e. The van der Waals surface area contributed by atoms with E-state index in [0.717, 1.165) is 18.4 Å². The number of allylic oxidation sites excluding steroid dienone is 4. The van der Waals surface area contributed by atoms with Crippen molar-refractivity contribution in [2.75, 3.05) is 19.7 Å². The summed E-state index contributed by atoms with van der Waals surface area (Å²) in [5.41, 5.74) is 1.74. The Morgan fingerprint density at radius 3 is 2.34 bits per heavy atom. The molecule has 14 nitrogen and oxygen atoms in total. The molecule has 2 saturated heterocycles. The third kappa shape index (κ3) is 16.1. The number of ketones is 2. The Morgan fingerprint density at radius 2 is 1.66 bits per heavy atom. The van der Waals surface area contributed by atoms with Crippen LogP contribution in [0.4, 0.5) is 9.59 Å². The standard InChI is InChI=1S/C48H71N5O9/c1-30(2)27-37(51-47(59)62-48(7,8)9)23-22-36(28-34-17-11-10-12-18-34)45(57)53-25-15-21-39(53)42-44(61-42)52-38(43(56)50-31(3)4)20-13-14-24-49-46(58)60-26-16-19-35-29-40(54)32(5)33(6)41(35)55/h10-12,17-18,22-23,29-31,36-39,42,44,52H,13-16,19-21,24-28H2,1-9H3,(H,49,58)(H,50,56)(H,51,59)/b23-22+/t36-,37-,38+,39+,42?,44?/m1/s1. The zero-order valence-corrected chi connectivity index (χ0v) is 38.3. The van der Waals surface area contributed by atoms with Crippen LogP contribution in [-0.2, 0) is 39.8 Å². The number of Topliss-reactive ketones (excluding diaryl/α,β-unsaturated/α-hetero) is 1. The minimum absolute atomic E-state index is 0.00154. The van der Waals surface area contributed by atoms with Crippen molar-refractivity contribution in [3.8, 4) is 0 Å². The molecule has 1 aromatic carbocycles. The van der Waals surface area contributed by atoms with E-state index in [4.69, 9.17) is 14.2 Å². The van der Waals surface area contributed by atoms with Gasteiger partial charge in [-0.3, -0.25) is 24.5 Å². The van der Waals surface area contributed by atoms with E-state index in [1.165, 1.54) is 6.08 Å². The minimum atomic E-state index is -0.639. The lowest BCUT2D eigenvalue weighted by atomic mass is 9.89. The van der Waals surface area contributed by atoms with E-state index in [0.29, 0.717) is 74.8 Å². The lowest BCUT2D eigenvalue weighted by Crippen LogP contribution is -2.49. The molecular formula is C48H71N5O9. The fourth-order valence-electron chi connectivity index (χ4n) is 7.83. The summed E-state index contributed by atoms with van der Waals surface area (Å²) in [6, 6.07) is 8.83. The fraction of sp³-hybridized carbons (Fsp3) is 0.625. The maximum absolute atomic E-state index is 14.5. The summed E-state index contributed by atoms with van der Waals surface area (Å²) < 4.78 is 17.0. The van der Waals surface area contributed by atoms with E-state index < -0.39 is 36.0 Å². The van der Waals surface area contributed by atoms with Gasteiger partial charge in [0.2, 0.25) is 11.8 Å². The summed E-state index contributed by atoms with van der Waals surface area (Å²) >= 11 is 0. The molecule has 0 radical (unpaired) electrons. The van der Waals surface area contributed by atoms with Gasteiger partial charge in [-0.1, -0.05) is 56.3 Å². The van der Waals surface area contributed by atoms with Crippen molar-refractivity contribution in [1.29, 1.82) is 0 Å². The monoisotopic (exact) mass is 862 g/mol. The fourth-order valence-corrected chi connectivity index (χ4v) is 7.83. The van der Waals surface area contributed by atoms with Crippen LogP contribution in [0.3, 0.4) is 0 Å². The first-order valence-electron chi connectivity index (χ1n) is 22.4. The average molecular weight is 862 g/mol. The zero-order valence-electron chi connectivity index (χ0n) is 38.3. The summed E-state index contributed by atoms with van der Waals surface area (Å²) in [5.74, 6) is -0.633. The maximum atomic E-state index is 14.5. The highest BCUT2D eigenvalue weighted by molar-refractivity contribution is 6.22. The Labute approximate surface area is 368 Å². The lowest BCUT2D eigenvalue weighted by Gasteiger charge is -2.28. The van der Waals surface area contributed by atoms with Gasteiger partial charge in [-0.15, -0.1) is 0 Å². The van der Waals surface area contributed by atoms with Gasteiger partial charge in [0.05, 0.1) is 30.7 Å². The molecule has 342 valence electrons. The van der Waals surface area contributed by atoms with Crippen molar-refractivity contribution < 1.29 is 43.0 Å². The third-order valence-corrected chi connectivity index (χ3v) is 11.1. The van der Waals surface area contributed by atoms with Gasteiger partial charge in [-0.25, -0.2) is 9.59 Å². The molecule has 2 heterocycles. The molecule has 4 N–H and O–H groups in total. The average Bonchev–Trinajstić information content (AvgIpc) is 3.78. The van der Waals surface area contributed by atoms with Crippen LogP contribution in [0.25, 0.3) is 0 Å². The largest absolute Gasteiger partial charge is 0.450 e. The third-order valence-electron chi connectivity index (χ3n) is 11.1. The second-order valence-corrected chi connectivity index (χ2v) is 18.5. The molecule has 2 aliphatic heterocycles. The number of amides is 4. The Morgan fingerprint density at radius 1 is 0.935 bits per heavy atom. The molecule has 14 heteroatoms. The lowest BCUT2D eigenvalue weighted by molar-refractivity contribution is -0.135. The number of benzene rings is 1. The predicted octanol–water partition coefficient (Wildman–Crippen LogP) is 6.63. The second kappa shape index (κ2) is 23.6. The molecule has 1 aromatic rings. The Bertz CT molecular complexity index is 1820. The molecule has 4 rings (SSSR count). The van der Waals surface area contributed by atoms with E-state index in [1.54, 1.807) is 13.8 Å². The van der Waals surface area contributed by atoms with Gasteiger partial charge in [-0.05, 0) is 124 Å². The van der Waals surface area contributed by atoms with Crippen LogP contribution in [-0.4, -0.2) is 102 Å². The first kappa shape index (κ1) is 49.8. The summed E-state index contributed by atoms with van der Waals surface area (Å²) in [4.78, 5) is 79.4. The quantitative estimate of drug-likeness (QED) is 0.0427. The zero-order chi connectivity index (χ0) is 45.6. The molecule has 62 heavy (non-hydrogen) atoms.